The molecule has 19 heavy (non-hydrogen) atoms. The molecule has 2 heterocycles. The number of aromatic nitrogens is 1. The van der Waals surface area contributed by atoms with Crippen LogP contribution in [0.25, 0.3) is 0 Å². The zero-order valence-electron chi connectivity index (χ0n) is 11.6. The van der Waals surface area contributed by atoms with Crippen LogP contribution in [0.3, 0.4) is 0 Å². The molecule has 1 amide bonds. The van der Waals surface area contributed by atoms with Crippen molar-refractivity contribution in [2.24, 2.45) is 5.73 Å². The van der Waals surface area contributed by atoms with Crippen LogP contribution in [0.4, 0.5) is 5.82 Å². The topological polar surface area (TPSA) is 71.2 Å². The predicted octanol–water partition coefficient (Wildman–Crippen LogP) is 1.47. The van der Waals surface area contributed by atoms with Gasteiger partial charge in [0.15, 0.2) is 0 Å². The maximum Gasteiger partial charge on any atom is 0.248 e. The van der Waals surface area contributed by atoms with Gasteiger partial charge in [0.05, 0.1) is 0 Å². The molecule has 1 fully saturated rings. The molecule has 1 unspecified atom stereocenters. The van der Waals surface area contributed by atoms with E-state index in [4.69, 9.17) is 5.73 Å². The highest BCUT2D eigenvalue weighted by Crippen LogP contribution is 2.20. The number of nitrogens with two attached hydrogens (primary N) is 1. The molecule has 0 spiro atoms. The Hall–Kier alpha value is -1.62. The van der Waals surface area contributed by atoms with E-state index in [-0.39, 0.29) is 0 Å². The summed E-state index contributed by atoms with van der Waals surface area (Å²) in [5.41, 5.74) is 5.75. The third-order valence-corrected chi connectivity index (χ3v) is 3.65. The number of hydrogen-bond donors (Lipinski definition) is 2. The third-order valence-electron chi connectivity index (χ3n) is 3.65. The lowest BCUT2D eigenvalue weighted by Crippen LogP contribution is -2.39. The number of nitrogens with one attached hydrogen (secondary N) is 1. The molecule has 1 aliphatic heterocycles. The van der Waals surface area contributed by atoms with Crippen molar-refractivity contribution in [3.63, 3.8) is 0 Å². The Labute approximate surface area is 114 Å². The van der Waals surface area contributed by atoms with Crippen LogP contribution in [0.2, 0.25) is 0 Å². The van der Waals surface area contributed by atoms with Crippen molar-refractivity contribution in [2.75, 3.05) is 18.4 Å². The van der Waals surface area contributed by atoms with Crippen LogP contribution in [0.15, 0.2) is 18.3 Å². The first kappa shape index (κ1) is 13.8. The van der Waals surface area contributed by atoms with Crippen molar-refractivity contribution in [3.8, 4) is 0 Å². The number of amides is 1. The van der Waals surface area contributed by atoms with Crippen LogP contribution in [0.1, 0.15) is 37.0 Å². The summed E-state index contributed by atoms with van der Waals surface area (Å²) in [6.07, 6.45) is 4.07. The average molecular weight is 262 g/mol. The number of rotatable bonds is 5. The Bertz CT molecular complexity index is 447. The molecular formula is C14H22N4O. The molecule has 0 aliphatic carbocycles. The monoisotopic (exact) mass is 262 g/mol. The van der Waals surface area contributed by atoms with Gasteiger partial charge in [0.25, 0.3) is 0 Å². The number of likely N-dealkylation sites (tertiary alicyclic amines) is 1. The Morgan fingerprint density at radius 2 is 2.42 bits per heavy atom. The van der Waals surface area contributed by atoms with E-state index in [1.807, 2.05) is 0 Å². The highest BCUT2D eigenvalue weighted by molar-refractivity contribution is 5.93. The average Bonchev–Trinajstić information content (AvgIpc) is 2.85. The Morgan fingerprint density at radius 1 is 1.63 bits per heavy atom. The molecule has 0 radical (unpaired) electrons. The first-order valence-electron chi connectivity index (χ1n) is 6.83. The Balaban J connectivity index is 1.95. The molecule has 104 valence electrons. The van der Waals surface area contributed by atoms with E-state index >= 15 is 0 Å². The summed E-state index contributed by atoms with van der Waals surface area (Å²) >= 11 is 0. The smallest absolute Gasteiger partial charge is 0.248 e. The van der Waals surface area contributed by atoms with Crippen LogP contribution in [0.5, 0.6) is 0 Å². The standard InChI is InChI=1S/C14H22N4O/c1-10(2)18-7-3-4-12(18)9-17-13-8-11(14(15)19)5-6-16-13/h5-6,8,10,12H,3-4,7,9H2,1-2H3,(H2,15,19)(H,16,17). The number of pyridine rings is 1. The quantitative estimate of drug-likeness (QED) is 0.843. The normalized spacial score (nSPS) is 19.8. The second-order valence-electron chi connectivity index (χ2n) is 5.30. The zero-order chi connectivity index (χ0) is 13.8. The number of carbonyl (C=O) groups is 1. The number of carbonyl (C=O) groups excluding carboxylic acids is 1. The minimum absolute atomic E-state index is 0.421. The zero-order valence-corrected chi connectivity index (χ0v) is 11.6. The molecule has 3 N–H and O–H groups in total. The summed E-state index contributed by atoms with van der Waals surface area (Å²) in [4.78, 5) is 17.8. The van der Waals surface area contributed by atoms with Crippen molar-refractivity contribution in [3.05, 3.63) is 23.9 Å². The molecule has 1 aliphatic rings. The molecule has 5 heteroatoms. The first-order chi connectivity index (χ1) is 9.08. The summed E-state index contributed by atoms with van der Waals surface area (Å²) in [7, 11) is 0. The van der Waals surface area contributed by atoms with Gasteiger partial charge in [-0.3, -0.25) is 9.69 Å². The van der Waals surface area contributed by atoms with Gasteiger partial charge in [-0.25, -0.2) is 4.98 Å². The van der Waals surface area contributed by atoms with E-state index in [2.05, 4.69) is 29.0 Å². The summed E-state index contributed by atoms with van der Waals surface area (Å²) < 4.78 is 0. The van der Waals surface area contributed by atoms with E-state index in [1.54, 1.807) is 18.3 Å². The fourth-order valence-electron chi connectivity index (χ4n) is 2.66. The van der Waals surface area contributed by atoms with Crippen LogP contribution in [-0.4, -0.2) is 41.0 Å². The number of hydrogen-bond acceptors (Lipinski definition) is 4. The van der Waals surface area contributed by atoms with Gasteiger partial charge in [-0.15, -0.1) is 0 Å². The van der Waals surface area contributed by atoms with Crippen LogP contribution < -0.4 is 11.1 Å². The van der Waals surface area contributed by atoms with Gasteiger partial charge in [0.1, 0.15) is 5.82 Å². The largest absolute Gasteiger partial charge is 0.368 e. The van der Waals surface area contributed by atoms with Gasteiger partial charge in [-0.2, -0.15) is 0 Å². The van der Waals surface area contributed by atoms with Crippen molar-refractivity contribution in [1.29, 1.82) is 0 Å². The molecular weight excluding hydrogens is 240 g/mol. The van der Waals surface area contributed by atoms with Crippen LogP contribution in [0, 0.1) is 0 Å². The molecule has 0 bridgehead atoms. The van der Waals surface area contributed by atoms with Crippen molar-refractivity contribution < 1.29 is 4.79 Å². The lowest BCUT2D eigenvalue weighted by atomic mass is 10.2. The summed E-state index contributed by atoms with van der Waals surface area (Å²) in [6, 6.07) is 4.44. The minimum atomic E-state index is -0.421. The summed E-state index contributed by atoms with van der Waals surface area (Å²) in [5, 5.41) is 3.31. The number of primary amides is 1. The lowest BCUT2D eigenvalue weighted by molar-refractivity contribution is 0.1000. The van der Waals surface area contributed by atoms with E-state index in [0.29, 0.717) is 23.5 Å². The maximum atomic E-state index is 11.1. The van der Waals surface area contributed by atoms with Gasteiger partial charge in [-0.05, 0) is 45.4 Å². The van der Waals surface area contributed by atoms with Crippen LogP contribution >= 0.6 is 0 Å². The van der Waals surface area contributed by atoms with Gasteiger partial charge in [0, 0.05) is 30.4 Å². The van der Waals surface area contributed by atoms with E-state index in [1.165, 1.54) is 19.4 Å². The molecule has 2 rings (SSSR count). The second-order valence-corrected chi connectivity index (χ2v) is 5.30. The minimum Gasteiger partial charge on any atom is -0.368 e. The molecule has 1 aromatic rings. The highest BCUT2D eigenvalue weighted by atomic mass is 16.1. The molecule has 1 aromatic heterocycles. The van der Waals surface area contributed by atoms with Gasteiger partial charge in [-0.1, -0.05) is 0 Å². The fourth-order valence-corrected chi connectivity index (χ4v) is 2.66. The van der Waals surface area contributed by atoms with Crippen molar-refractivity contribution in [1.82, 2.24) is 9.88 Å². The fraction of sp³-hybridized carbons (Fsp3) is 0.571. The molecule has 1 atom stereocenters. The van der Waals surface area contributed by atoms with Crippen LogP contribution in [-0.2, 0) is 0 Å². The maximum absolute atomic E-state index is 11.1. The number of anilines is 1. The summed E-state index contributed by atoms with van der Waals surface area (Å²) in [6.45, 7) is 6.47. The molecule has 1 saturated heterocycles. The highest BCUT2D eigenvalue weighted by Gasteiger charge is 2.26. The predicted molar refractivity (Wildman–Crippen MR) is 76.1 cm³/mol. The SMILES string of the molecule is CC(C)N1CCCC1CNc1cc(C(N)=O)ccn1. The van der Waals surface area contributed by atoms with Crippen molar-refractivity contribution >= 4 is 11.7 Å². The third kappa shape index (κ3) is 3.44. The van der Waals surface area contributed by atoms with E-state index < -0.39 is 5.91 Å². The summed E-state index contributed by atoms with van der Waals surface area (Å²) in [5.74, 6) is 0.294. The number of nitrogens with zero attached hydrogens (tertiary/aromatic N) is 2. The molecule has 0 saturated carbocycles. The van der Waals surface area contributed by atoms with E-state index in [0.717, 1.165) is 6.54 Å². The Morgan fingerprint density at radius 3 is 3.11 bits per heavy atom. The molecule has 0 aromatic carbocycles. The Kier molecular flexibility index (Phi) is 4.37. The first-order valence-corrected chi connectivity index (χ1v) is 6.83. The van der Waals surface area contributed by atoms with Gasteiger partial charge in [0.2, 0.25) is 5.91 Å². The van der Waals surface area contributed by atoms with Gasteiger partial charge >= 0.3 is 0 Å². The molecule has 5 nitrogen and oxygen atoms in total. The second kappa shape index (κ2) is 6.02. The van der Waals surface area contributed by atoms with Gasteiger partial charge < -0.3 is 11.1 Å². The van der Waals surface area contributed by atoms with E-state index in [9.17, 15) is 4.79 Å². The lowest BCUT2D eigenvalue weighted by Gasteiger charge is -2.28. The van der Waals surface area contributed by atoms with Crippen molar-refractivity contribution in [2.45, 2.75) is 38.8 Å².